The molecule has 3 heterocycles. The quantitative estimate of drug-likeness (QED) is 0.732. The number of hydrogen-bond donors (Lipinski definition) is 2. The van der Waals surface area contributed by atoms with Crippen molar-refractivity contribution in [3.8, 4) is 0 Å². The lowest BCUT2D eigenvalue weighted by molar-refractivity contribution is 0.0786. The summed E-state index contributed by atoms with van der Waals surface area (Å²) in [6.07, 6.45) is 3.17. The number of carbonyl (C=O) groups is 1. The number of hydrogen-bond acceptors (Lipinski definition) is 5. The molecule has 1 aliphatic rings. The van der Waals surface area contributed by atoms with Gasteiger partial charge >= 0.3 is 0 Å². The summed E-state index contributed by atoms with van der Waals surface area (Å²) >= 11 is 0. The number of benzene rings is 1. The average Bonchev–Trinajstić information content (AvgIpc) is 3.31. The van der Waals surface area contributed by atoms with Crippen LogP contribution in [-0.4, -0.2) is 59.0 Å². The minimum atomic E-state index is -3.35. The summed E-state index contributed by atoms with van der Waals surface area (Å²) in [4.78, 5) is 14.7. The first-order valence-electron chi connectivity index (χ1n) is 7.91. The van der Waals surface area contributed by atoms with Crippen molar-refractivity contribution in [2.75, 3.05) is 19.3 Å². The van der Waals surface area contributed by atoms with Crippen molar-refractivity contribution in [2.45, 2.75) is 17.2 Å². The first-order chi connectivity index (χ1) is 11.9. The molecule has 0 spiro atoms. The zero-order chi connectivity index (χ0) is 17.6. The molecular weight excluding hydrogens is 342 g/mol. The molecule has 25 heavy (non-hydrogen) atoms. The predicted octanol–water partition coefficient (Wildman–Crippen LogP) is 1.32. The summed E-state index contributed by atoms with van der Waals surface area (Å²) in [5.41, 5.74) is 1.78. The molecule has 1 saturated heterocycles. The van der Waals surface area contributed by atoms with Crippen LogP contribution in [-0.2, 0) is 9.84 Å². The maximum absolute atomic E-state index is 12.8. The number of amides is 1. The minimum Gasteiger partial charge on any atom is -0.337 e. The molecule has 4 rings (SSSR count). The Hall–Kier alpha value is -2.68. The van der Waals surface area contributed by atoms with Gasteiger partial charge in [0.15, 0.2) is 15.5 Å². The summed E-state index contributed by atoms with van der Waals surface area (Å²) in [7, 11) is -3.35. The number of para-hydroxylation sites is 1. The van der Waals surface area contributed by atoms with Gasteiger partial charge in [0.2, 0.25) is 0 Å². The molecule has 1 atom stereocenters. The van der Waals surface area contributed by atoms with Crippen LogP contribution >= 0.6 is 0 Å². The van der Waals surface area contributed by atoms with Crippen LogP contribution in [0.2, 0.25) is 0 Å². The number of H-pyrrole nitrogens is 2. The standard InChI is InChI=1S/C16H17N5O3S/c1-25(23,24)13-8-17-19-14(13)10-6-7-21(9-10)16(22)15-11-4-2-3-5-12(11)18-20-15/h2-5,8,10H,6-7,9H2,1H3,(H,17,19)(H,18,20)/t10-/m1/s1. The molecule has 0 unspecified atom stereocenters. The third-order valence-electron chi connectivity index (χ3n) is 4.59. The molecule has 0 bridgehead atoms. The van der Waals surface area contributed by atoms with E-state index in [1.165, 1.54) is 6.20 Å². The van der Waals surface area contributed by atoms with Gasteiger partial charge in [-0.2, -0.15) is 10.2 Å². The SMILES string of the molecule is CS(=O)(=O)c1cn[nH]c1[C@@H]1CCN(C(=O)c2n[nH]c3ccccc23)C1. The number of aromatic amines is 2. The predicted molar refractivity (Wildman–Crippen MR) is 91.1 cm³/mol. The summed E-state index contributed by atoms with van der Waals surface area (Å²) < 4.78 is 23.7. The van der Waals surface area contributed by atoms with E-state index in [9.17, 15) is 13.2 Å². The Kier molecular flexibility index (Phi) is 3.60. The topological polar surface area (TPSA) is 112 Å². The molecule has 0 saturated carbocycles. The molecular formula is C16H17N5O3S. The van der Waals surface area contributed by atoms with Gasteiger partial charge in [0, 0.05) is 30.6 Å². The van der Waals surface area contributed by atoms with Crippen molar-refractivity contribution < 1.29 is 13.2 Å². The highest BCUT2D eigenvalue weighted by atomic mass is 32.2. The van der Waals surface area contributed by atoms with E-state index in [4.69, 9.17) is 0 Å². The van der Waals surface area contributed by atoms with Crippen LogP contribution in [0.25, 0.3) is 10.9 Å². The highest BCUT2D eigenvalue weighted by molar-refractivity contribution is 7.90. The van der Waals surface area contributed by atoms with Crippen LogP contribution in [0.15, 0.2) is 35.4 Å². The average molecular weight is 359 g/mol. The number of nitrogens with zero attached hydrogens (tertiary/aromatic N) is 3. The smallest absolute Gasteiger partial charge is 0.275 e. The Bertz CT molecular complexity index is 1050. The molecule has 0 aliphatic carbocycles. The summed E-state index contributed by atoms with van der Waals surface area (Å²) in [6.45, 7) is 0.984. The zero-order valence-electron chi connectivity index (χ0n) is 13.6. The van der Waals surface area contributed by atoms with Crippen LogP contribution in [0.1, 0.15) is 28.5 Å². The van der Waals surface area contributed by atoms with Crippen molar-refractivity contribution in [1.29, 1.82) is 0 Å². The maximum Gasteiger partial charge on any atom is 0.275 e. The minimum absolute atomic E-state index is 0.0821. The molecule has 1 aromatic carbocycles. The molecule has 0 radical (unpaired) electrons. The van der Waals surface area contributed by atoms with E-state index < -0.39 is 9.84 Å². The van der Waals surface area contributed by atoms with Crippen molar-refractivity contribution in [1.82, 2.24) is 25.3 Å². The summed E-state index contributed by atoms with van der Waals surface area (Å²) in [5, 5.41) is 14.5. The molecule has 2 N–H and O–H groups in total. The summed E-state index contributed by atoms with van der Waals surface area (Å²) in [5.74, 6) is -0.234. The fraction of sp³-hybridized carbons (Fsp3) is 0.312. The third kappa shape index (κ3) is 2.70. The fourth-order valence-electron chi connectivity index (χ4n) is 3.33. The van der Waals surface area contributed by atoms with E-state index >= 15 is 0 Å². The van der Waals surface area contributed by atoms with E-state index in [-0.39, 0.29) is 16.7 Å². The van der Waals surface area contributed by atoms with Crippen molar-refractivity contribution in [3.05, 3.63) is 41.9 Å². The normalized spacial score (nSPS) is 18.1. The zero-order valence-corrected chi connectivity index (χ0v) is 14.4. The maximum atomic E-state index is 12.8. The van der Waals surface area contributed by atoms with Gasteiger partial charge in [0.25, 0.3) is 5.91 Å². The van der Waals surface area contributed by atoms with Gasteiger partial charge in [-0.1, -0.05) is 18.2 Å². The number of sulfone groups is 1. The Balaban J connectivity index is 1.59. The number of fused-ring (bicyclic) bond motifs is 1. The number of likely N-dealkylation sites (tertiary alicyclic amines) is 1. The van der Waals surface area contributed by atoms with Gasteiger partial charge in [-0.15, -0.1) is 0 Å². The third-order valence-corrected chi connectivity index (χ3v) is 5.71. The molecule has 8 nitrogen and oxygen atoms in total. The highest BCUT2D eigenvalue weighted by Gasteiger charge is 2.33. The van der Waals surface area contributed by atoms with E-state index in [1.54, 1.807) is 4.90 Å². The molecule has 1 aliphatic heterocycles. The first kappa shape index (κ1) is 15.8. The second-order valence-corrected chi connectivity index (χ2v) is 8.26. The lowest BCUT2D eigenvalue weighted by atomic mass is 10.1. The molecule has 9 heteroatoms. The van der Waals surface area contributed by atoms with Gasteiger partial charge in [-0.05, 0) is 12.5 Å². The lowest BCUT2D eigenvalue weighted by Crippen LogP contribution is -2.29. The Morgan fingerprint density at radius 2 is 2.08 bits per heavy atom. The van der Waals surface area contributed by atoms with Gasteiger partial charge in [-0.25, -0.2) is 8.42 Å². The second kappa shape index (κ2) is 5.69. The molecule has 3 aromatic rings. The van der Waals surface area contributed by atoms with Crippen LogP contribution in [0, 0.1) is 0 Å². The number of carbonyl (C=O) groups excluding carboxylic acids is 1. The van der Waals surface area contributed by atoms with Gasteiger partial charge in [-0.3, -0.25) is 15.0 Å². The monoisotopic (exact) mass is 359 g/mol. The van der Waals surface area contributed by atoms with E-state index in [0.29, 0.717) is 30.9 Å². The van der Waals surface area contributed by atoms with E-state index in [2.05, 4.69) is 20.4 Å². The van der Waals surface area contributed by atoms with E-state index in [1.807, 2.05) is 24.3 Å². The number of nitrogens with one attached hydrogen (secondary N) is 2. The van der Waals surface area contributed by atoms with Crippen LogP contribution < -0.4 is 0 Å². The largest absolute Gasteiger partial charge is 0.337 e. The van der Waals surface area contributed by atoms with Crippen LogP contribution in [0.5, 0.6) is 0 Å². The molecule has 2 aromatic heterocycles. The Morgan fingerprint density at radius 1 is 1.28 bits per heavy atom. The highest BCUT2D eigenvalue weighted by Crippen LogP contribution is 2.31. The van der Waals surface area contributed by atoms with Gasteiger partial charge in [0.05, 0.1) is 17.4 Å². The summed E-state index contributed by atoms with van der Waals surface area (Å²) in [6, 6.07) is 7.47. The first-order valence-corrected chi connectivity index (χ1v) is 9.80. The van der Waals surface area contributed by atoms with Crippen LogP contribution in [0.4, 0.5) is 0 Å². The number of aromatic nitrogens is 4. The number of rotatable bonds is 3. The van der Waals surface area contributed by atoms with E-state index in [0.717, 1.165) is 17.2 Å². The Labute approximate surface area is 144 Å². The van der Waals surface area contributed by atoms with Gasteiger partial charge < -0.3 is 4.90 Å². The van der Waals surface area contributed by atoms with Crippen molar-refractivity contribution >= 4 is 26.6 Å². The molecule has 130 valence electrons. The van der Waals surface area contributed by atoms with Crippen molar-refractivity contribution in [3.63, 3.8) is 0 Å². The molecule has 1 fully saturated rings. The fourth-order valence-corrected chi connectivity index (χ4v) is 4.19. The van der Waals surface area contributed by atoms with Gasteiger partial charge in [0.1, 0.15) is 4.90 Å². The lowest BCUT2D eigenvalue weighted by Gasteiger charge is -2.15. The molecule has 1 amide bonds. The van der Waals surface area contributed by atoms with Crippen LogP contribution in [0.3, 0.4) is 0 Å². The van der Waals surface area contributed by atoms with Crippen molar-refractivity contribution in [2.24, 2.45) is 0 Å². The second-order valence-electron chi connectivity index (χ2n) is 6.27. The Morgan fingerprint density at radius 3 is 2.88 bits per heavy atom.